The summed E-state index contributed by atoms with van der Waals surface area (Å²) in [4.78, 5) is 16.4. The molecular formula is C14H16N4O2S2. The minimum absolute atomic E-state index is 0.178. The molecule has 0 fully saturated rings. The van der Waals surface area contributed by atoms with Gasteiger partial charge in [-0.2, -0.15) is 0 Å². The Morgan fingerprint density at radius 2 is 2.27 bits per heavy atom. The molecule has 0 aliphatic carbocycles. The number of aromatic nitrogens is 4. The topological polar surface area (TPSA) is 72.8 Å². The molecule has 2 aromatic heterocycles. The molecule has 22 heavy (non-hydrogen) atoms. The van der Waals surface area contributed by atoms with E-state index in [0.29, 0.717) is 24.1 Å². The van der Waals surface area contributed by atoms with Gasteiger partial charge in [0.2, 0.25) is 0 Å². The van der Waals surface area contributed by atoms with Crippen LogP contribution in [0.2, 0.25) is 0 Å². The van der Waals surface area contributed by atoms with Gasteiger partial charge in [-0.15, -0.1) is 16.4 Å². The van der Waals surface area contributed by atoms with E-state index in [1.54, 1.807) is 23.0 Å². The van der Waals surface area contributed by atoms with Crippen LogP contribution < -0.4 is 5.69 Å². The number of fused-ring (bicyclic) bond motifs is 1. The van der Waals surface area contributed by atoms with Gasteiger partial charge in [0, 0.05) is 20.3 Å². The van der Waals surface area contributed by atoms with Gasteiger partial charge in [-0.3, -0.25) is 4.57 Å². The molecule has 0 atom stereocenters. The average Bonchev–Trinajstić information content (AvgIpc) is 3.09. The third-order valence-electron chi connectivity index (χ3n) is 3.12. The monoisotopic (exact) mass is 336 g/mol. The molecule has 0 bridgehead atoms. The third-order valence-corrected chi connectivity index (χ3v) is 5.32. The summed E-state index contributed by atoms with van der Waals surface area (Å²) < 4.78 is 7.85. The van der Waals surface area contributed by atoms with Gasteiger partial charge in [0.05, 0.1) is 16.0 Å². The van der Waals surface area contributed by atoms with Crippen molar-refractivity contribution in [2.24, 2.45) is 0 Å². The van der Waals surface area contributed by atoms with Crippen molar-refractivity contribution in [1.29, 1.82) is 0 Å². The number of para-hydroxylation sites is 1. The first-order chi connectivity index (χ1) is 10.8. The fourth-order valence-electron chi connectivity index (χ4n) is 2.09. The SMILES string of the molecule is COCCCn1c(SCc2nc3ccccc3s2)n[nH]c1=O. The fourth-order valence-corrected chi connectivity index (χ4v) is 4.02. The van der Waals surface area contributed by atoms with Crippen LogP contribution in [0.1, 0.15) is 11.4 Å². The number of benzene rings is 1. The Morgan fingerprint density at radius 3 is 3.09 bits per heavy atom. The molecule has 0 aliphatic heterocycles. The second-order valence-corrected chi connectivity index (χ2v) is 6.73. The maximum absolute atomic E-state index is 11.8. The highest BCUT2D eigenvalue weighted by atomic mass is 32.2. The molecule has 3 aromatic rings. The van der Waals surface area contributed by atoms with Crippen LogP contribution in [0.25, 0.3) is 10.2 Å². The predicted octanol–water partition coefficient (Wildman–Crippen LogP) is 2.51. The van der Waals surface area contributed by atoms with Crippen molar-refractivity contribution in [3.8, 4) is 0 Å². The van der Waals surface area contributed by atoms with Crippen molar-refractivity contribution in [3.63, 3.8) is 0 Å². The van der Waals surface area contributed by atoms with Gasteiger partial charge in [0.25, 0.3) is 0 Å². The largest absolute Gasteiger partial charge is 0.385 e. The maximum atomic E-state index is 11.8. The summed E-state index contributed by atoms with van der Waals surface area (Å²) in [7, 11) is 1.65. The number of thiazole rings is 1. The molecule has 1 aromatic carbocycles. The maximum Gasteiger partial charge on any atom is 0.343 e. The van der Waals surface area contributed by atoms with Crippen LogP contribution in [0.5, 0.6) is 0 Å². The second-order valence-electron chi connectivity index (χ2n) is 4.67. The van der Waals surface area contributed by atoms with E-state index in [1.807, 2.05) is 18.2 Å². The number of methoxy groups -OCH3 is 1. The highest BCUT2D eigenvalue weighted by molar-refractivity contribution is 7.98. The van der Waals surface area contributed by atoms with Crippen LogP contribution in [0.15, 0.2) is 34.2 Å². The molecule has 3 rings (SSSR count). The van der Waals surface area contributed by atoms with E-state index in [9.17, 15) is 4.79 Å². The summed E-state index contributed by atoms with van der Waals surface area (Å²) in [5.74, 6) is 0.702. The van der Waals surface area contributed by atoms with Crippen molar-refractivity contribution in [2.45, 2.75) is 23.9 Å². The normalized spacial score (nSPS) is 11.3. The van der Waals surface area contributed by atoms with Gasteiger partial charge >= 0.3 is 5.69 Å². The van der Waals surface area contributed by atoms with E-state index >= 15 is 0 Å². The number of thioether (sulfide) groups is 1. The summed E-state index contributed by atoms with van der Waals surface area (Å²) in [5.41, 5.74) is 0.838. The number of hydrogen-bond acceptors (Lipinski definition) is 6. The number of H-pyrrole nitrogens is 1. The first-order valence-electron chi connectivity index (χ1n) is 6.89. The van der Waals surface area contributed by atoms with Crippen LogP contribution in [-0.4, -0.2) is 33.5 Å². The number of rotatable bonds is 7. The van der Waals surface area contributed by atoms with Gasteiger partial charge in [0.1, 0.15) is 5.01 Å². The lowest BCUT2D eigenvalue weighted by atomic mass is 10.3. The Balaban J connectivity index is 1.69. The highest BCUT2D eigenvalue weighted by Gasteiger charge is 2.10. The summed E-state index contributed by atoms with van der Waals surface area (Å²) in [6.45, 7) is 1.23. The minimum Gasteiger partial charge on any atom is -0.385 e. The molecular weight excluding hydrogens is 320 g/mol. The van der Waals surface area contributed by atoms with Crippen LogP contribution in [0.4, 0.5) is 0 Å². The molecule has 0 saturated heterocycles. The van der Waals surface area contributed by atoms with Crippen molar-refractivity contribution < 1.29 is 4.74 Å². The van der Waals surface area contributed by atoms with Crippen molar-refractivity contribution >= 4 is 33.3 Å². The Morgan fingerprint density at radius 1 is 1.41 bits per heavy atom. The van der Waals surface area contributed by atoms with Crippen molar-refractivity contribution in [2.75, 3.05) is 13.7 Å². The van der Waals surface area contributed by atoms with Crippen LogP contribution in [0, 0.1) is 0 Å². The molecule has 1 N–H and O–H groups in total. The number of ether oxygens (including phenoxy) is 1. The molecule has 0 spiro atoms. The zero-order valence-corrected chi connectivity index (χ0v) is 13.7. The summed E-state index contributed by atoms with van der Waals surface area (Å²) >= 11 is 3.20. The lowest BCUT2D eigenvalue weighted by molar-refractivity contribution is 0.189. The van der Waals surface area contributed by atoms with Crippen LogP contribution in [-0.2, 0) is 17.0 Å². The summed E-state index contributed by atoms with van der Waals surface area (Å²) in [6, 6.07) is 8.07. The Kier molecular flexibility index (Phi) is 4.91. The van der Waals surface area contributed by atoms with Gasteiger partial charge in [-0.1, -0.05) is 23.9 Å². The van der Waals surface area contributed by atoms with E-state index < -0.39 is 0 Å². The lowest BCUT2D eigenvalue weighted by Crippen LogP contribution is -2.18. The van der Waals surface area contributed by atoms with E-state index in [0.717, 1.165) is 16.9 Å². The summed E-state index contributed by atoms with van der Waals surface area (Å²) in [6.07, 6.45) is 0.782. The van der Waals surface area contributed by atoms with Crippen molar-refractivity contribution in [3.05, 3.63) is 39.8 Å². The zero-order valence-electron chi connectivity index (χ0n) is 12.1. The Bertz CT molecular complexity index is 775. The smallest absolute Gasteiger partial charge is 0.343 e. The van der Waals surface area contributed by atoms with Crippen LogP contribution in [0.3, 0.4) is 0 Å². The molecule has 116 valence electrons. The molecule has 8 heteroatoms. The molecule has 0 amide bonds. The molecule has 0 saturated carbocycles. The van der Waals surface area contributed by atoms with Gasteiger partial charge in [-0.05, 0) is 18.6 Å². The molecule has 0 aliphatic rings. The van der Waals surface area contributed by atoms with Gasteiger partial charge in [0.15, 0.2) is 5.16 Å². The molecule has 2 heterocycles. The van der Waals surface area contributed by atoms with Crippen LogP contribution >= 0.6 is 23.1 Å². The molecule has 6 nitrogen and oxygen atoms in total. The number of nitrogens with one attached hydrogen (secondary N) is 1. The zero-order chi connectivity index (χ0) is 15.4. The third kappa shape index (κ3) is 3.40. The van der Waals surface area contributed by atoms with E-state index in [1.165, 1.54) is 16.5 Å². The number of aromatic amines is 1. The first kappa shape index (κ1) is 15.3. The predicted molar refractivity (Wildman–Crippen MR) is 88.5 cm³/mol. The molecule has 0 unspecified atom stereocenters. The van der Waals surface area contributed by atoms with Crippen molar-refractivity contribution in [1.82, 2.24) is 19.7 Å². The van der Waals surface area contributed by atoms with E-state index in [2.05, 4.69) is 21.2 Å². The van der Waals surface area contributed by atoms with Gasteiger partial charge < -0.3 is 4.74 Å². The fraction of sp³-hybridized carbons (Fsp3) is 0.357. The number of hydrogen-bond donors (Lipinski definition) is 1. The Labute approximate surface area is 135 Å². The van der Waals surface area contributed by atoms with E-state index in [-0.39, 0.29) is 5.69 Å². The first-order valence-corrected chi connectivity index (χ1v) is 8.69. The lowest BCUT2D eigenvalue weighted by Gasteiger charge is -2.03. The quantitative estimate of drug-likeness (QED) is 0.530. The number of nitrogens with zero attached hydrogens (tertiary/aromatic N) is 3. The average molecular weight is 336 g/mol. The van der Waals surface area contributed by atoms with Gasteiger partial charge in [-0.25, -0.2) is 14.9 Å². The summed E-state index contributed by atoms with van der Waals surface area (Å²) in [5, 5.41) is 8.32. The second kappa shape index (κ2) is 7.08. The highest BCUT2D eigenvalue weighted by Crippen LogP contribution is 2.27. The minimum atomic E-state index is -0.178. The Hall–Kier alpha value is -1.64. The molecule has 0 radical (unpaired) electrons. The van der Waals surface area contributed by atoms with E-state index in [4.69, 9.17) is 4.74 Å². The standard InChI is InChI=1S/C14H16N4O2S2/c1-20-8-4-7-18-13(19)16-17-14(18)21-9-12-15-10-5-2-3-6-11(10)22-12/h2-3,5-6H,4,7-9H2,1H3,(H,16,19).